The molecular weight excluding hydrogens is 553 g/mol. The normalized spacial score (nSPS) is 17.2. The van der Waals surface area contributed by atoms with Crippen LogP contribution in [-0.2, 0) is 15.7 Å². The molecule has 0 radical (unpaired) electrons. The second kappa shape index (κ2) is 13.2. The number of rotatable bonds is 10. The highest BCUT2D eigenvalue weighted by atomic mass is 16.7. The molecule has 44 heavy (non-hydrogen) atoms. The summed E-state index contributed by atoms with van der Waals surface area (Å²) in [4.78, 5) is 28.1. The molecule has 8 nitrogen and oxygen atoms in total. The van der Waals surface area contributed by atoms with Gasteiger partial charge in [-0.25, -0.2) is 5.01 Å². The number of ether oxygens (including phenoxy) is 1. The number of carbonyl (C=O) groups is 2. The van der Waals surface area contributed by atoms with Crippen molar-refractivity contribution in [3.63, 3.8) is 0 Å². The summed E-state index contributed by atoms with van der Waals surface area (Å²) in [6.45, 7) is 22.0. The maximum Gasteiger partial charge on any atom is 0.457 e. The molecule has 1 aliphatic rings. The van der Waals surface area contributed by atoms with Gasteiger partial charge in [0.1, 0.15) is 11.4 Å². The minimum absolute atomic E-state index is 0.264. The summed E-state index contributed by atoms with van der Waals surface area (Å²) in [6.07, 6.45) is 3.54. The lowest BCUT2D eigenvalue weighted by atomic mass is 9.77. The van der Waals surface area contributed by atoms with E-state index >= 15 is 0 Å². The minimum Gasteiger partial charge on any atom is -0.496 e. The van der Waals surface area contributed by atoms with Crippen molar-refractivity contribution in [3.05, 3.63) is 63.7 Å². The van der Waals surface area contributed by atoms with Crippen molar-refractivity contribution in [1.82, 2.24) is 10.4 Å². The molecule has 0 bridgehead atoms. The zero-order valence-corrected chi connectivity index (χ0v) is 29.1. The Morgan fingerprint density at radius 3 is 2.07 bits per heavy atom. The van der Waals surface area contributed by atoms with E-state index in [0.717, 1.165) is 42.3 Å². The summed E-state index contributed by atoms with van der Waals surface area (Å²) in [5, 5.41) is 1.36. The molecule has 2 aromatic carbocycles. The van der Waals surface area contributed by atoms with E-state index in [1.165, 1.54) is 5.01 Å². The van der Waals surface area contributed by atoms with Crippen molar-refractivity contribution in [3.8, 4) is 5.75 Å². The van der Waals surface area contributed by atoms with Gasteiger partial charge in [0.15, 0.2) is 0 Å². The molecule has 2 aromatic rings. The van der Waals surface area contributed by atoms with Gasteiger partial charge in [0.05, 0.1) is 18.3 Å². The molecule has 1 saturated heterocycles. The highest BCUT2D eigenvalue weighted by Gasteiger charge is 2.50. The third-order valence-corrected chi connectivity index (χ3v) is 9.34. The summed E-state index contributed by atoms with van der Waals surface area (Å²) in [5.74, 6) is -0.111. The SMILES string of the molecule is CCCC(N)(N(NC(=O)c1ccc(CCCB2OC(C)(C)C(C)(C)O2)c(OC)c1C)C(=O)c1cc(C)cc(C)c1)C(C)(C)C. The Kier molecular flexibility index (Phi) is 10.7. The van der Waals surface area contributed by atoms with Crippen molar-refractivity contribution in [2.75, 3.05) is 7.11 Å². The Hall–Kier alpha value is -2.88. The first-order chi connectivity index (χ1) is 20.3. The molecule has 3 N–H and O–H groups in total. The fourth-order valence-electron chi connectivity index (χ4n) is 5.94. The molecular formula is C35H54BN3O5. The van der Waals surface area contributed by atoms with Gasteiger partial charge in [0.2, 0.25) is 0 Å². The highest BCUT2D eigenvalue weighted by Crippen LogP contribution is 2.39. The van der Waals surface area contributed by atoms with E-state index in [1.807, 2.05) is 72.7 Å². The van der Waals surface area contributed by atoms with E-state index in [4.69, 9.17) is 19.8 Å². The molecule has 242 valence electrons. The lowest BCUT2D eigenvalue weighted by Gasteiger charge is -2.49. The molecule has 1 unspecified atom stereocenters. The van der Waals surface area contributed by atoms with Crippen LogP contribution in [0.1, 0.15) is 118 Å². The van der Waals surface area contributed by atoms with Gasteiger partial charge in [0, 0.05) is 22.1 Å². The number of nitrogens with zero attached hydrogens (tertiary/aromatic N) is 1. The highest BCUT2D eigenvalue weighted by molar-refractivity contribution is 6.45. The topological polar surface area (TPSA) is 103 Å². The molecule has 9 heteroatoms. The predicted octanol–water partition coefficient (Wildman–Crippen LogP) is 6.93. The van der Waals surface area contributed by atoms with Crippen LogP contribution >= 0.6 is 0 Å². The number of hydrazine groups is 1. The molecule has 1 heterocycles. The van der Waals surface area contributed by atoms with Gasteiger partial charge in [-0.1, -0.05) is 63.8 Å². The van der Waals surface area contributed by atoms with Gasteiger partial charge in [-0.2, -0.15) is 0 Å². The molecule has 1 fully saturated rings. The molecule has 0 aliphatic carbocycles. The third kappa shape index (κ3) is 7.32. The van der Waals surface area contributed by atoms with Crippen LogP contribution in [0.25, 0.3) is 0 Å². The number of nitrogens with one attached hydrogen (secondary N) is 1. The molecule has 2 amide bonds. The van der Waals surface area contributed by atoms with Crippen molar-refractivity contribution < 1.29 is 23.6 Å². The van der Waals surface area contributed by atoms with Crippen LogP contribution in [0.2, 0.25) is 6.32 Å². The maximum absolute atomic E-state index is 14.1. The van der Waals surface area contributed by atoms with Crippen LogP contribution < -0.4 is 15.9 Å². The zero-order valence-electron chi connectivity index (χ0n) is 29.1. The number of nitrogens with two attached hydrogens (primary N) is 1. The molecule has 0 saturated carbocycles. The first kappa shape index (κ1) is 35.6. The third-order valence-electron chi connectivity index (χ3n) is 9.34. The van der Waals surface area contributed by atoms with E-state index in [1.54, 1.807) is 13.2 Å². The zero-order chi connectivity index (χ0) is 33.3. The van der Waals surface area contributed by atoms with Gasteiger partial charge < -0.3 is 19.8 Å². The Labute approximate surface area is 265 Å². The number of benzene rings is 2. The lowest BCUT2D eigenvalue weighted by molar-refractivity contribution is -0.0265. The molecule has 1 atom stereocenters. The number of amides is 2. The van der Waals surface area contributed by atoms with Crippen LogP contribution in [-0.4, -0.2) is 47.9 Å². The second-order valence-corrected chi connectivity index (χ2v) is 14.4. The summed E-state index contributed by atoms with van der Waals surface area (Å²) >= 11 is 0. The van der Waals surface area contributed by atoms with E-state index in [0.29, 0.717) is 28.9 Å². The Bertz CT molecular complexity index is 1330. The Morgan fingerprint density at radius 1 is 1.00 bits per heavy atom. The Balaban J connectivity index is 1.90. The lowest BCUT2D eigenvalue weighted by Crippen LogP contribution is -2.70. The van der Waals surface area contributed by atoms with Gasteiger partial charge in [-0.05, 0) is 91.4 Å². The molecule has 0 spiro atoms. The average Bonchev–Trinajstić information content (AvgIpc) is 3.11. The van der Waals surface area contributed by atoms with Crippen LogP contribution in [0.3, 0.4) is 0 Å². The standard InChI is InChI=1S/C35H54BN3O5/c1-13-18-35(37,32(5,6)7)39(31(41)27-21-23(2)20-24(3)22-27)38-30(40)28-17-16-26(29(42-12)25(28)4)15-14-19-36-43-33(8,9)34(10,11)44-36/h16-17,20-22H,13-15,18-19,37H2,1-12H3,(H,38,40). The van der Waals surface area contributed by atoms with Crippen molar-refractivity contribution in [2.24, 2.45) is 11.1 Å². The first-order valence-electron chi connectivity index (χ1n) is 15.8. The van der Waals surface area contributed by atoms with Gasteiger partial charge in [-0.3, -0.25) is 15.0 Å². The van der Waals surface area contributed by atoms with E-state index in [2.05, 4.69) is 33.1 Å². The molecule has 1 aliphatic heterocycles. The number of hydrogen-bond acceptors (Lipinski definition) is 6. The minimum atomic E-state index is -1.16. The van der Waals surface area contributed by atoms with E-state index in [-0.39, 0.29) is 24.2 Å². The summed E-state index contributed by atoms with van der Waals surface area (Å²) in [7, 11) is 1.35. The predicted molar refractivity (Wildman–Crippen MR) is 178 cm³/mol. The second-order valence-electron chi connectivity index (χ2n) is 14.4. The average molecular weight is 608 g/mol. The molecule has 3 rings (SSSR count). The maximum atomic E-state index is 14.1. The smallest absolute Gasteiger partial charge is 0.457 e. The van der Waals surface area contributed by atoms with Crippen LogP contribution in [0.5, 0.6) is 5.75 Å². The number of carbonyl (C=O) groups excluding carboxylic acids is 2. The first-order valence-corrected chi connectivity index (χ1v) is 15.8. The fraction of sp³-hybridized carbons (Fsp3) is 0.600. The summed E-state index contributed by atoms with van der Waals surface area (Å²) < 4.78 is 18.1. The Morgan fingerprint density at radius 2 is 1.57 bits per heavy atom. The fourth-order valence-corrected chi connectivity index (χ4v) is 5.94. The quantitative estimate of drug-likeness (QED) is 0.172. The van der Waals surface area contributed by atoms with Gasteiger partial charge >= 0.3 is 7.12 Å². The van der Waals surface area contributed by atoms with Crippen molar-refractivity contribution >= 4 is 18.9 Å². The van der Waals surface area contributed by atoms with E-state index < -0.39 is 17.0 Å². The number of methoxy groups -OCH3 is 1. The number of aryl methyl sites for hydroxylation is 3. The molecule has 0 aromatic heterocycles. The number of hydrogen-bond donors (Lipinski definition) is 2. The van der Waals surface area contributed by atoms with Crippen molar-refractivity contribution in [1.29, 1.82) is 0 Å². The van der Waals surface area contributed by atoms with Crippen LogP contribution in [0.4, 0.5) is 0 Å². The van der Waals surface area contributed by atoms with Gasteiger partial charge in [-0.15, -0.1) is 0 Å². The van der Waals surface area contributed by atoms with E-state index in [9.17, 15) is 9.59 Å². The van der Waals surface area contributed by atoms with Gasteiger partial charge in [0.25, 0.3) is 11.8 Å². The van der Waals surface area contributed by atoms with Crippen LogP contribution in [0.15, 0.2) is 30.3 Å². The summed E-state index contributed by atoms with van der Waals surface area (Å²) in [6, 6.07) is 9.39. The largest absolute Gasteiger partial charge is 0.496 e. The monoisotopic (exact) mass is 607 g/mol. The van der Waals surface area contributed by atoms with Crippen molar-refractivity contribution in [2.45, 2.75) is 125 Å². The summed E-state index contributed by atoms with van der Waals surface area (Å²) in [5.41, 5.74) is 12.1. The van der Waals surface area contributed by atoms with Crippen LogP contribution in [0, 0.1) is 26.2 Å².